The molecule has 134 valence electrons. The minimum atomic E-state index is -0.316. The van der Waals surface area contributed by atoms with E-state index in [1.165, 1.54) is 11.7 Å². The zero-order valence-electron chi connectivity index (χ0n) is 15.1. The number of para-hydroxylation sites is 1. The Morgan fingerprint density at radius 3 is 2.44 bits per heavy atom. The molecule has 0 fully saturated rings. The third kappa shape index (κ3) is 4.41. The minimum Gasteiger partial charge on any atom is -0.496 e. The van der Waals surface area contributed by atoms with Crippen molar-refractivity contribution in [2.45, 2.75) is 25.9 Å². The molecule has 1 amide bonds. The number of hydrogen-bond acceptors (Lipinski definition) is 4. The van der Waals surface area contributed by atoms with Crippen LogP contribution in [0, 0.1) is 0 Å². The van der Waals surface area contributed by atoms with Crippen molar-refractivity contribution in [1.82, 2.24) is 9.47 Å². The number of likely N-dealkylation sites (N-methyl/N-ethyl adjacent to an activating group) is 1. The maximum Gasteiger partial charge on any atom is 0.293 e. The van der Waals surface area contributed by atoms with Crippen molar-refractivity contribution < 1.29 is 14.3 Å². The highest BCUT2D eigenvalue weighted by atomic mass is 16.5. The normalized spacial score (nSPS) is 11.7. The van der Waals surface area contributed by atoms with E-state index in [2.05, 4.69) is 0 Å². The minimum absolute atomic E-state index is 0.0250. The van der Waals surface area contributed by atoms with Gasteiger partial charge in [-0.3, -0.25) is 9.59 Å². The zero-order chi connectivity index (χ0) is 18.4. The summed E-state index contributed by atoms with van der Waals surface area (Å²) in [5.41, 5.74) is 0.722. The first kappa shape index (κ1) is 18.6. The molecule has 0 aliphatic rings. The number of carbonyl (C=O) groups excluding carboxylic acids is 1. The van der Waals surface area contributed by atoms with Gasteiger partial charge in [-0.2, -0.15) is 0 Å². The Morgan fingerprint density at radius 1 is 1.12 bits per heavy atom. The van der Waals surface area contributed by atoms with Crippen LogP contribution >= 0.6 is 0 Å². The highest BCUT2D eigenvalue weighted by Gasteiger charge is 2.18. The lowest BCUT2D eigenvalue weighted by atomic mass is 10.1. The Labute approximate surface area is 147 Å². The van der Waals surface area contributed by atoms with Crippen LogP contribution in [0.15, 0.2) is 47.4 Å². The molecule has 0 N–H and O–H groups in total. The molecule has 0 aliphatic heterocycles. The van der Waals surface area contributed by atoms with Gasteiger partial charge >= 0.3 is 0 Å². The van der Waals surface area contributed by atoms with E-state index in [1.807, 2.05) is 31.2 Å². The monoisotopic (exact) mass is 344 g/mol. The molecule has 1 aromatic heterocycles. The third-order valence-electron chi connectivity index (χ3n) is 4.27. The summed E-state index contributed by atoms with van der Waals surface area (Å²) in [4.78, 5) is 26.3. The van der Waals surface area contributed by atoms with Crippen LogP contribution in [0.4, 0.5) is 0 Å². The van der Waals surface area contributed by atoms with Gasteiger partial charge < -0.3 is 18.9 Å². The van der Waals surface area contributed by atoms with Gasteiger partial charge in [0, 0.05) is 19.3 Å². The van der Waals surface area contributed by atoms with Gasteiger partial charge in [-0.25, -0.2) is 0 Å². The lowest BCUT2D eigenvalue weighted by Crippen LogP contribution is -2.40. The molecular weight excluding hydrogens is 320 g/mol. The Kier molecular flexibility index (Phi) is 6.22. The molecule has 2 rings (SSSR count). The summed E-state index contributed by atoms with van der Waals surface area (Å²) in [6.07, 6.45) is 2.25. The second-order valence-electron chi connectivity index (χ2n) is 5.88. The van der Waals surface area contributed by atoms with Gasteiger partial charge in [0.25, 0.3) is 5.56 Å². The van der Waals surface area contributed by atoms with Gasteiger partial charge in [0.2, 0.25) is 5.91 Å². The molecule has 0 saturated heterocycles. The Balaban J connectivity index is 2.08. The number of hydrogen-bond donors (Lipinski definition) is 0. The van der Waals surface area contributed by atoms with E-state index in [0.717, 1.165) is 11.3 Å². The van der Waals surface area contributed by atoms with E-state index in [4.69, 9.17) is 9.47 Å². The third-order valence-corrected chi connectivity index (χ3v) is 4.27. The lowest BCUT2D eigenvalue weighted by molar-refractivity contribution is -0.132. The molecule has 0 bridgehead atoms. The first-order valence-corrected chi connectivity index (χ1v) is 8.09. The Morgan fingerprint density at radius 2 is 1.76 bits per heavy atom. The standard InChI is InChI=1S/C19H24N2O4/c1-14(12-15-8-5-6-9-16(15)24-3)20(2)18(22)13-21-11-7-10-17(25-4)19(21)23/h5-11,14H,12-13H2,1-4H3/t14-/m1/s1. The fourth-order valence-electron chi connectivity index (χ4n) is 2.62. The molecule has 0 spiro atoms. The van der Waals surface area contributed by atoms with Gasteiger partial charge in [-0.05, 0) is 37.1 Å². The predicted octanol–water partition coefficient (Wildman–Crippen LogP) is 1.96. The van der Waals surface area contributed by atoms with E-state index in [1.54, 1.807) is 37.4 Å². The average molecular weight is 344 g/mol. The number of aromatic nitrogens is 1. The quantitative estimate of drug-likeness (QED) is 0.770. The second kappa shape index (κ2) is 8.37. The van der Waals surface area contributed by atoms with E-state index in [9.17, 15) is 9.59 Å². The van der Waals surface area contributed by atoms with Crippen molar-refractivity contribution in [3.05, 3.63) is 58.5 Å². The van der Waals surface area contributed by atoms with Crippen LogP contribution in [0.5, 0.6) is 11.5 Å². The van der Waals surface area contributed by atoms with E-state index in [0.29, 0.717) is 6.42 Å². The maximum atomic E-state index is 12.5. The van der Waals surface area contributed by atoms with Gasteiger partial charge in [-0.15, -0.1) is 0 Å². The van der Waals surface area contributed by atoms with Crippen LogP contribution in [0.2, 0.25) is 0 Å². The number of methoxy groups -OCH3 is 2. The molecule has 0 unspecified atom stereocenters. The van der Waals surface area contributed by atoms with Crippen molar-refractivity contribution in [3.8, 4) is 11.5 Å². The van der Waals surface area contributed by atoms with Crippen LogP contribution in [-0.2, 0) is 17.8 Å². The summed E-state index contributed by atoms with van der Waals surface area (Å²) in [7, 11) is 4.81. The lowest BCUT2D eigenvalue weighted by Gasteiger charge is -2.26. The Bertz CT molecular complexity index is 785. The average Bonchev–Trinajstić information content (AvgIpc) is 2.63. The van der Waals surface area contributed by atoms with Crippen molar-refractivity contribution in [3.63, 3.8) is 0 Å². The number of rotatable bonds is 7. The van der Waals surface area contributed by atoms with E-state index >= 15 is 0 Å². The largest absolute Gasteiger partial charge is 0.496 e. The molecule has 2 aromatic rings. The summed E-state index contributed by atoms with van der Waals surface area (Å²) < 4.78 is 11.7. The molecular formula is C19H24N2O4. The van der Waals surface area contributed by atoms with Gasteiger partial charge in [0.1, 0.15) is 12.3 Å². The molecule has 1 aromatic carbocycles. The molecule has 6 heteroatoms. The summed E-state index contributed by atoms with van der Waals surface area (Å²) in [6, 6.07) is 11.0. The summed E-state index contributed by atoms with van der Waals surface area (Å²) >= 11 is 0. The number of pyridine rings is 1. The molecule has 0 aliphatic carbocycles. The second-order valence-corrected chi connectivity index (χ2v) is 5.88. The first-order valence-electron chi connectivity index (χ1n) is 8.09. The van der Waals surface area contributed by atoms with E-state index < -0.39 is 0 Å². The highest BCUT2D eigenvalue weighted by molar-refractivity contribution is 5.76. The molecule has 0 saturated carbocycles. The van der Waals surface area contributed by atoms with Crippen LogP contribution in [0.1, 0.15) is 12.5 Å². The van der Waals surface area contributed by atoms with E-state index in [-0.39, 0.29) is 29.8 Å². The number of amides is 1. The van der Waals surface area contributed by atoms with Crippen LogP contribution in [0.25, 0.3) is 0 Å². The smallest absolute Gasteiger partial charge is 0.293 e. The SMILES string of the molecule is COc1ccccc1C[C@@H](C)N(C)C(=O)Cn1cccc(OC)c1=O. The first-order chi connectivity index (χ1) is 12.0. The van der Waals surface area contributed by atoms with Crippen LogP contribution in [0.3, 0.4) is 0 Å². The van der Waals surface area contributed by atoms with Crippen molar-refractivity contribution in [2.24, 2.45) is 0 Å². The van der Waals surface area contributed by atoms with Crippen molar-refractivity contribution in [2.75, 3.05) is 21.3 Å². The number of benzene rings is 1. The fraction of sp³-hybridized carbons (Fsp3) is 0.368. The molecule has 25 heavy (non-hydrogen) atoms. The van der Waals surface area contributed by atoms with Crippen LogP contribution in [-0.4, -0.2) is 42.7 Å². The van der Waals surface area contributed by atoms with Crippen molar-refractivity contribution >= 4 is 5.91 Å². The summed E-state index contributed by atoms with van der Waals surface area (Å²) in [6.45, 7) is 1.95. The summed E-state index contributed by atoms with van der Waals surface area (Å²) in [5, 5.41) is 0. The number of nitrogens with zero attached hydrogens (tertiary/aromatic N) is 2. The van der Waals surface area contributed by atoms with Crippen LogP contribution < -0.4 is 15.0 Å². The Hall–Kier alpha value is -2.76. The van der Waals surface area contributed by atoms with Gasteiger partial charge in [0.05, 0.1) is 14.2 Å². The summed E-state index contributed by atoms with van der Waals surface area (Å²) in [5.74, 6) is 0.886. The van der Waals surface area contributed by atoms with Gasteiger partial charge in [0.15, 0.2) is 5.75 Å². The topological polar surface area (TPSA) is 60.8 Å². The number of carbonyl (C=O) groups is 1. The number of ether oxygens (including phenoxy) is 2. The predicted molar refractivity (Wildman–Crippen MR) is 96.2 cm³/mol. The molecule has 6 nitrogen and oxygen atoms in total. The highest BCUT2D eigenvalue weighted by Crippen LogP contribution is 2.20. The van der Waals surface area contributed by atoms with Gasteiger partial charge in [-0.1, -0.05) is 18.2 Å². The molecule has 1 heterocycles. The zero-order valence-corrected chi connectivity index (χ0v) is 15.1. The van der Waals surface area contributed by atoms with Crippen molar-refractivity contribution in [1.29, 1.82) is 0 Å². The fourth-order valence-corrected chi connectivity index (χ4v) is 2.62. The molecule has 1 atom stereocenters. The molecule has 0 radical (unpaired) electrons. The maximum absolute atomic E-state index is 12.5.